The third-order valence-corrected chi connectivity index (χ3v) is 4.89. The second-order valence-corrected chi connectivity index (χ2v) is 7.95. The van der Waals surface area contributed by atoms with E-state index in [-0.39, 0.29) is 42.2 Å². The highest BCUT2D eigenvalue weighted by molar-refractivity contribution is 14.0. The van der Waals surface area contributed by atoms with E-state index in [1.807, 2.05) is 43.3 Å². The van der Waals surface area contributed by atoms with Gasteiger partial charge in [-0.25, -0.2) is 13.6 Å². The summed E-state index contributed by atoms with van der Waals surface area (Å²) in [5, 5.41) is 11.2. The van der Waals surface area contributed by atoms with Crippen LogP contribution in [0.4, 0.5) is 0 Å². The zero-order chi connectivity index (χ0) is 19.5. The molecule has 0 aliphatic heterocycles. The molecular formula is C20H29IN4O2S. The number of halogens is 1. The summed E-state index contributed by atoms with van der Waals surface area (Å²) in [5.41, 5.74) is 2.51. The van der Waals surface area contributed by atoms with Crippen LogP contribution in [0, 0.1) is 0 Å². The zero-order valence-corrected chi connectivity index (χ0v) is 19.2. The van der Waals surface area contributed by atoms with Crippen LogP contribution in [0.5, 0.6) is 0 Å². The van der Waals surface area contributed by atoms with E-state index in [1.165, 1.54) is 11.1 Å². The van der Waals surface area contributed by atoms with Crippen LogP contribution in [0.3, 0.4) is 0 Å². The molecule has 0 heterocycles. The molecular weight excluding hydrogens is 487 g/mol. The fourth-order valence-electron chi connectivity index (χ4n) is 2.86. The number of nitrogens with two attached hydrogens (primary N) is 1. The van der Waals surface area contributed by atoms with Gasteiger partial charge < -0.3 is 10.6 Å². The van der Waals surface area contributed by atoms with Gasteiger partial charge in [-0.3, -0.25) is 4.99 Å². The number of hydrogen-bond donors (Lipinski definition) is 3. The summed E-state index contributed by atoms with van der Waals surface area (Å²) in [5.74, 6) is 0.720. The van der Waals surface area contributed by atoms with Crippen molar-refractivity contribution in [2.45, 2.75) is 19.3 Å². The van der Waals surface area contributed by atoms with Crippen molar-refractivity contribution in [1.29, 1.82) is 0 Å². The van der Waals surface area contributed by atoms with E-state index in [1.54, 1.807) is 0 Å². The van der Waals surface area contributed by atoms with Gasteiger partial charge in [0.05, 0.1) is 5.75 Å². The molecule has 6 nitrogen and oxygen atoms in total. The molecule has 2 rings (SSSR count). The van der Waals surface area contributed by atoms with Crippen molar-refractivity contribution >= 4 is 40.0 Å². The highest BCUT2D eigenvalue weighted by Gasteiger charge is 2.13. The second kappa shape index (κ2) is 12.7. The first-order chi connectivity index (χ1) is 13.0. The molecule has 0 unspecified atom stereocenters. The SMILES string of the molecule is CCNC(=NCCC(c1ccccc1)c1ccccc1)NCCS(N)(=O)=O.I. The Morgan fingerprint density at radius 2 is 1.54 bits per heavy atom. The molecule has 2 aromatic carbocycles. The van der Waals surface area contributed by atoms with Crippen LogP contribution in [0.2, 0.25) is 0 Å². The Kier molecular flexibility index (Phi) is 11.1. The predicted octanol–water partition coefficient (Wildman–Crippen LogP) is 2.67. The fraction of sp³-hybridized carbons (Fsp3) is 0.350. The molecule has 0 aliphatic rings. The molecule has 154 valence electrons. The molecule has 0 aromatic heterocycles. The van der Waals surface area contributed by atoms with Gasteiger partial charge in [0, 0.05) is 25.6 Å². The molecule has 0 bridgehead atoms. The van der Waals surface area contributed by atoms with E-state index in [0.717, 1.165) is 6.42 Å². The molecule has 0 atom stereocenters. The third kappa shape index (κ3) is 9.03. The van der Waals surface area contributed by atoms with Crippen LogP contribution in [0.1, 0.15) is 30.4 Å². The number of sulfonamides is 1. The Morgan fingerprint density at radius 3 is 2.00 bits per heavy atom. The number of nitrogens with zero attached hydrogens (tertiary/aromatic N) is 1. The van der Waals surface area contributed by atoms with Gasteiger partial charge in [-0.1, -0.05) is 60.7 Å². The summed E-state index contributed by atoms with van der Waals surface area (Å²) in [7, 11) is -3.49. The zero-order valence-electron chi connectivity index (χ0n) is 16.0. The molecule has 0 aliphatic carbocycles. The Morgan fingerprint density at radius 1 is 1.00 bits per heavy atom. The smallest absolute Gasteiger partial charge is 0.210 e. The predicted molar refractivity (Wildman–Crippen MR) is 127 cm³/mol. The van der Waals surface area contributed by atoms with Gasteiger partial charge in [0.1, 0.15) is 0 Å². The molecule has 0 saturated carbocycles. The van der Waals surface area contributed by atoms with Crippen LogP contribution >= 0.6 is 24.0 Å². The van der Waals surface area contributed by atoms with Crippen molar-refractivity contribution in [3.8, 4) is 0 Å². The molecule has 0 spiro atoms. The summed E-state index contributed by atoms with van der Waals surface area (Å²) in [6.45, 7) is 3.50. The third-order valence-electron chi connectivity index (χ3n) is 4.11. The highest BCUT2D eigenvalue weighted by atomic mass is 127. The second-order valence-electron chi connectivity index (χ2n) is 6.22. The first-order valence-electron chi connectivity index (χ1n) is 9.12. The average molecular weight is 516 g/mol. The molecule has 0 fully saturated rings. The van der Waals surface area contributed by atoms with Gasteiger partial charge >= 0.3 is 0 Å². The van der Waals surface area contributed by atoms with Gasteiger partial charge in [0.25, 0.3) is 0 Å². The maximum atomic E-state index is 11.1. The van der Waals surface area contributed by atoms with Gasteiger partial charge in [0.15, 0.2) is 5.96 Å². The van der Waals surface area contributed by atoms with Crippen LogP contribution in [-0.4, -0.2) is 39.8 Å². The molecule has 0 saturated heterocycles. The van der Waals surface area contributed by atoms with Crippen LogP contribution in [-0.2, 0) is 10.0 Å². The summed E-state index contributed by atoms with van der Waals surface area (Å²) in [6.07, 6.45) is 0.847. The topological polar surface area (TPSA) is 96.6 Å². The normalized spacial score (nSPS) is 11.8. The monoisotopic (exact) mass is 516 g/mol. The average Bonchev–Trinajstić information content (AvgIpc) is 2.65. The minimum absolute atomic E-state index is 0. The van der Waals surface area contributed by atoms with Crippen molar-refractivity contribution in [3.63, 3.8) is 0 Å². The van der Waals surface area contributed by atoms with E-state index in [4.69, 9.17) is 5.14 Å². The number of guanidine groups is 1. The van der Waals surface area contributed by atoms with Crippen molar-refractivity contribution in [2.24, 2.45) is 10.1 Å². The van der Waals surface area contributed by atoms with Crippen LogP contribution < -0.4 is 15.8 Å². The lowest BCUT2D eigenvalue weighted by molar-refractivity contribution is 0.596. The first-order valence-corrected chi connectivity index (χ1v) is 10.8. The van der Waals surface area contributed by atoms with E-state index in [9.17, 15) is 8.42 Å². The molecule has 8 heteroatoms. The van der Waals surface area contributed by atoms with Crippen LogP contribution in [0.15, 0.2) is 65.7 Å². The molecule has 28 heavy (non-hydrogen) atoms. The maximum Gasteiger partial charge on any atom is 0.210 e. The lowest BCUT2D eigenvalue weighted by Gasteiger charge is -2.18. The Balaban J connectivity index is 0.00000392. The number of benzene rings is 2. The Bertz CT molecular complexity index is 775. The molecule has 2 aromatic rings. The van der Waals surface area contributed by atoms with Gasteiger partial charge in [-0.05, 0) is 24.5 Å². The number of hydrogen-bond acceptors (Lipinski definition) is 3. The van der Waals surface area contributed by atoms with Crippen molar-refractivity contribution < 1.29 is 8.42 Å². The summed E-state index contributed by atoms with van der Waals surface area (Å²) in [6, 6.07) is 20.8. The van der Waals surface area contributed by atoms with Crippen molar-refractivity contribution in [2.75, 3.05) is 25.4 Å². The van der Waals surface area contributed by atoms with Gasteiger partial charge in [-0.2, -0.15) is 0 Å². The standard InChI is InChI=1S/C20H28N4O2S.HI/c1-2-22-20(24-15-16-27(21,25)26)23-14-13-19(17-9-5-3-6-10-17)18-11-7-4-8-12-18;/h3-12,19H,2,13-16H2,1H3,(H2,21,25,26)(H2,22,23,24);1H. The Labute approximate surface area is 185 Å². The first kappa shape index (κ1) is 24.4. The minimum atomic E-state index is -3.49. The van der Waals surface area contributed by atoms with E-state index < -0.39 is 10.0 Å². The van der Waals surface area contributed by atoms with Crippen molar-refractivity contribution in [1.82, 2.24) is 10.6 Å². The van der Waals surface area contributed by atoms with E-state index in [2.05, 4.69) is 39.9 Å². The van der Waals surface area contributed by atoms with Gasteiger partial charge in [-0.15, -0.1) is 24.0 Å². The Hall–Kier alpha value is -1.65. The highest BCUT2D eigenvalue weighted by Crippen LogP contribution is 2.27. The summed E-state index contributed by atoms with van der Waals surface area (Å²) >= 11 is 0. The summed E-state index contributed by atoms with van der Waals surface area (Å²) < 4.78 is 22.1. The van der Waals surface area contributed by atoms with Crippen LogP contribution in [0.25, 0.3) is 0 Å². The van der Waals surface area contributed by atoms with Gasteiger partial charge in [0.2, 0.25) is 10.0 Å². The van der Waals surface area contributed by atoms with E-state index >= 15 is 0 Å². The molecule has 4 N–H and O–H groups in total. The molecule has 0 radical (unpaired) electrons. The largest absolute Gasteiger partial charge is 0.357 e. The number of primary sulfonamides is 1. The lowest BCUT2D eigenvalue weighted by atomic mass is 9.89. The minimum Gasteiger partial charge on any atom is -0.357 e. The number of rotatable bonds is 9. The molecule has 0 amide bonds. The number of aliphatic imine (C=N–C) groups is 1. The lowest BCUT2D eigenvalue weighted by Crippen LogP contribution is -2.40. The maximum absolute atomic E-state index is 11.1. The fourth-order valence-corrected chi connectivity index (χ4v) is 3.24. The number of nitrogens with one attached hydrogen (secondary N) is 2. The van der Waals surface area contributed by atoms with E-state index in [0.29, 0.717) is 19.0 Å². The summed E-state index contributed by atoms with van der Waals surface area (Å²) in [4.78, 5) is 4.58. The van der Waals surface area contributed by atoms with Crippen molar-refractivity contribution in [3.05, 3.63) is 71.8 Å². The quantitative estimate of drug-likeness (QED) is 0.271.